The average molecular weight is 250 g/mol. The van der Waals surface area contributed by atoms with E-state index in [0.717, 1.165) is 19.4 Å². The third-order valence-electron chi connectivity index (χ3n) is 3.01. The Balaban J connectivity index is 1.93. The molecule has 1 heterocycles. The largest absolute Gasteiger partial charge is 0.495 e. The Bertz CT molecular complexity index is 428. The monoisotopic (exact) mass is 250 g/mol. The van der Waals surface area contributed by atoms with Crippen molar-refractivity contribution in [3.05, 3.63) is 23.8 Å². The second-order valence-corrected chi connectivity index (χ2v) is 4.30. The molecule has 0 aliphatic carbocycles. The van der Waals surface area contributed by atoms with Gasteiger partial charge >= 0.3 is 0 Å². The number of hydrogen-bond acceptors (Lipinski definition) is 4. The van der Waals surface area contributed by atoms with Crippen LogP contribution in [0.5, 0.6) is 5.75 Å². The molecule has 1 atom stereocenters. The van der Waals surface area contributed by atoms with Gasteiger partial charge in [0, 0.05) is 18.7 Å². The lowest BCUT2D eigenvalue weighted by Gasteiger charge is -2.11. The van der Waals surface area contributed by atoms with Crippen LogP contribution in [0.25, 0.3) is 0 Å². The molecule has 18 heavy (non-hydrogen) atoms. The van der Waals surface area contributed by atoms with Crippen molar-refractivity contribution in [2.24, 2.45) is 0 Å². The highest BCUT2D eigenvalue weighted by Crippen LogP contribution is 2.21. The third-order valence-corrected chi connectivity index (χ3v) is 3.01. The summed E-state index contributed by atoms with van der Waals surface area (Å²) in [6, 6.07) is 5.00. The highest BCUT2D eigenvalue weighted by atomic mass is 16.5. The van der Waals surface area contributed by atoms with Crippen LogP contribution in [0, 0.1) is 0 Å². The van der Waals surface area contributed by atoms with Gasteiger partial charge in [0.1, 0.15) is 5.75 Å². The highest BCUT2D eigenvalue weighted by molar-refractivity contribution is 5.95. The van der Waals surface area contributed by atoms with E-state index in [9.17, 15) is 4.79 Å². The van der Waals surface area contributed by atoms with Crippen LogP contribution < -0.4 is 15.8 Å². The predicted molar refractivity (Wildman–Crippen MR) is 68.7 cm³/mol. The van der Waals surface area contributed by atoms with Gasteiger partial charge in [0.05, 0.1) is 18.9 Å². The van der Waals surface area contributed by atoms with Crippen LogP contribution in [0.4, 0.5) is 5.69 Å². The van der Waals surface area contributed by atoms with Crippen LogP contribution in [0.15, 0.2) is 18.2 Å². The third kappa shape index (κ3) is 2.92. The van der Waals surface area contributed by atoms with Crippen molar-refractivity contribution in [2.75, 3.05) is 26.0 Å². The molecule has 0 saturated carbocycles. The summed E-state index contributed by atoms with van der Waals surface area (Å²) < 4.78 is 10.5. The minimum atomic E-state index is -0.139. The van der Waals surface area contributed by atoms with E-state index in [4.69, 9.17) is 15.2 Å². The standard InChI is InChI=1S/C13H18N2O3/c1-17-12-5-4-9(7-11(12)14)13(16)15-8-10-3-2-6-18-10/h4-5,7,10H,2-3,6,8,14H2,1H3,(H,15,16). The van der Waals surface area contributed by atoms with Crippen LogP contribution in [-0.2, 0) is 4.74 Å². The van der Waals surface area contributed by atoms with Gasteiger partial charge < -0.3 is 20.5 Å². The van der Waals surface area contributed by atoms with E-state index in [0.29, 0.717) is 23.5 Å². The number of hydrogen-bond donors (Lipinski definition) is 2. The zero-order valence-electron chi connectivity index (χ0n) is 10.4. The zero-order valence-corrected chi connectivity index (χ0v) is 10.4. The number of benzene rings is 1. The van der Waals surface area contributed by atoms with Crippen molar-refractivity contribution in [3.8, 4) is 5.75 Å². The van der Waals surface area contributed by atoms with Crippen molar-refractivity contribution in [3.63, 3.8) is 0 Å². The summed E-state index contributed by atoms with van der Waals surface area (Å²) in [6.07, 6.45) is 2.21. The van der Waals surface area contributed by atoms with Crippen molar-refractivity contribution in [1.82, 2.24) is 5.32 Å². The molecule has 0 aromatic heterocycles. The lowest BCUT2D eigenvalue weighted by molar-refractivity contribution is 0.0858. The topological polar surface area (TPSA) is 73.6 Å². The van der Waals surface area contributed by atoms with Gasteiger partial charge in [0.15, 0.2) is 0 Å². The summed E-state index contributed by atoms with van der Waals surface area (Å²) in [5.41, 5.74) is 6.75. The number of nitrogens with one attached hydrogen (secondary N) is 1. The number of rotatable bonds is 4. The van der Waals surface area contributed by atoms with Gasteiger partial charge in [-0.2, -0.15) is 0 Å². The maximum absolute atomic E-state index is 11.9. The normalized spacial score (nSPS) is 18.6. The fourth-order valence-corrected chi connectivity index (χ4v) is 1.99. The number of nitrogen functional groups attached to an aromatic ring is 1. The maximum atomic E-state index is 11.9. The Kier molecular flexibility index (Phi) is 4.04. The SMILES string of the molecule is COc1ccc(C(=O)NCC2CCCO2)cc1N. The van der Waals surface area contributed by atoms with E-state index in [1.54, 1.807) is 25.3 Å². The van der Waals surface area contributed by atoms with Crippen LogP contribution in [0.3, 0.4) is 0 Å². The van der Waals surface area contributed by atoms with E-state index in [-0.39, 0.29) is 12.0 Å². The number of nitrogens with two attached hydrogens (primary N) is 1. The Morgan fingerprint density at radius 1 is 1.61 bits per heavy atom. The molecule has 1 aliphatic rings. The van der Waals surface area contributed by atoms with Crippen molar-refractivity contribution < 1.29 is 14.3 Å². The Labute approximate surface area is 106 Å². The lowest BCUT2D eigenvalue weighted by atomic mass is 10.1. The second-order valence-electron chi connectivity index (χ2n) is 4.30. The van der Waals surface area contributed by atoms with Crippen LogP contribution in [0.2, 0.25) is 0 Å². The highest BCUT2D eigenvalue weighted by Gasteiger charge is 2.16. The maximum Gasteiger partial charge on any atom is 0.251 e. The minimum absolute atomic E-state index is 0.139. The quantitative estimate of drug-likeness (QED) is 0.787. The first-order valence-corrected chi connectivity index (χ1v) is 6.04. The molecule has 1 aromatic rings. The van der Waals surface area contributed by atoms with Gasteiger partial charge in [0.25, 0.3) is 5.91 Å². The molecule has 98 valence electrons. The van der Waals surface area contributed by atoms with Crippen molar-refractivity contribution in [2.45, 2.75) is 18.9 Å². The molecule has 1 aromatic carbocycles. The molecular formula is C13H18N2O3. The van der Waals surface area contributed by atoms with Gasteiger partial charge in [0.2, 0.25) is 0 Å². The number of carbonyl (C=O) groups is 1. The minimum Gasteiger partial charge on any atom is -0.495 e. The van der Waals surface area contributed by atoms with Crippen LogP contribution in [0.1, 0.15) is 23.2 Å². The Morgan fingerprint density at radius 3 is 3.06 bits per heavy atom. The van der Waals surface area contributed by atoms with E-state index in [1.807, 2.05) is 0 Å². The molecule has 1 aliphatic heterocycles. The smallest absolute Gasteiger partial charge is 0.251 e. The van der Waals surface area contributed by atoms with Crippen LogP contribution >= 0.6 is 0 Å². The molecule has 2 rings (SSSR count). The predicted octanol–water partition coefficient (Wildman–Crippen LogP) is 1.19. The molecule has 1 amide bonds. The summed E-state index contributed by atoms with van der Waals surface area (Å²) in [5, 5.41) is 2.85. The zero-order chi connectivity index (χ0) is 13.0. The number of carbonyl (C=O) groups excluding carboxylic acids is 1. The van der Waals surface area contributed by atoms with Gasteiger partial charge in [-0.25, -0.2) is 0 Å². The summed E-state index contributed by atoms with van der Waals surface area (Å²) in [5.74, 6) is 0.436. The second kappa shape index (κ2) is 5.73. The first-order chi connectivity index (χ1) is 8.70. The average Bonchev–Trinajstić information content (AvgIpc) is 2.89. The molecule has 3 N–H and O–H groups in total. The van der Waals surface area contributed by atoms with Crippen molar-refractivity contribution >= 4 is 11.6 Å². The van der Waals surface area contributed by atoms with E-state index >= 15 is 0 Å². The fourth-order valence-electron chi connectivity index (χ4n) is 1.99. The number of ether oxygens (including phenoxy) is 2. The van der Waals surface area contributed by atoms with Gasteiger partial charge in [-0.15, -0.1) is 0 Å². The summed E-state index contributed by atoms with van der Waals surface area (Å²) in [4.78, 5) is 11.9. The molecular weight excluding hydrogens is 232 g/mol. The molecule has 1 unspecified atom stereocenters. The van der Waals surface area contributed by atoms with Crippen molar-refractivity contribution in [1.29, 1.82) is 0 Å². The van der Waals surface area contributed by atoms with E-state index in [2.05, 4.69) is 5.32 Å². The number of amides is 1. The number of methoxy groups -OCH3 is 1. The van der Waals surface area contributed by atoms with Gasteiger partial charge in [-0.1, -0.05) is 0 Å². The lowest BCUT2D eigenvalue weighted by Crippen LogP contribution is -2.31. The molecule has 0 bridgehead atoms. The summed E-state index contributed by atoms with van der Waals surface area (Å²) >= 11 is 0. The molecule has 5 heteroatoms. The molecule has 0 spiro atoms. The van der Waals surface area contributed by atoms with Gasteiger partial charge in [-0.05, 0) is 31.0 Å². The molecule has 5 nitrogen and oxygen atoms in total. The molecule has 1 saturated heterocycles. The molecule has 0 radical (unpaired) electrons. The van der Waals surface area contributed by atoms with E-state index < -0.39 is 0 Å². The summed E-state index contributed by atoms with van der Waals surface area (Å²) in [6.45, 7) is 1.33. The molecule has 1 fully saturated rings. The van der Waals surface area contributed by atoms with Crippen LogP contribution in [-0.4, -0.2) is 32.3 Å². The Morgan fingerprint density at radius 2 is 2.44 bits per heavy atom. The summed E-state index contributed by atoms with van der Waals surface area (Å²) in [7, 11) is 1.54. The van der Waals surface area contributed by atoms with Gasteiger partial charge in [-0.3, -0.25) is 4.79 Å². The fraction of sp³-hybridized carbons (Fsp3) is 0.462. The van der Waals surface area contributed by atoms with E-state index in [1.165, 1.54) is 0 Å². The first-order valence-electron chi connectivity index (χ1n) is 6.04. The Hall–Kier alpha value is -1.75. The first kappa shape index (κ1) is 12.7. The number of anilines is 1.